The SMILES string of the molecule is C#CCN1CCC(N[C@@H](C)c2ccccc2OC)CC1. The van der Waals surface area contributed by atoms with E-state index in [1.807, 2.05) is 12.1 Å². The first kappa shape index (κ1) is 14.9. The summed E-state index contributed by atoms with van der Waals surface area (Å²) in [7, 11) is 1.73. The minimum Gasteiger partial charge on any atom is -0.496 e. The second-order valence-corrected chi connectivity index (χ2v) is 5.38. The molecule has 20 heavy (non-hydrogen) atoms. The van der Waals surface area contributed by atoms with Gasteiger partial charge in [-0.25, -0.2) is 0 Å². The third kappa shape index (κ3) is 3.75. The van der Waals surface area contributed by atoms with Crippen LogP contribution in [0.4, 0.5) is 0 Å². The molecule has 3 heteroatoms. The van der Waals surface area contributed by atoms with Gasteiger partial charge in [-0.05, 0) is 25.8 Å². The van der Waals surface area contributed by atoms with Crippen molar-refractivity contribution in [2.75, 3.05) is 26.7 Å². The van der Waals surface area contributed by atoms with E-state index in [1.165, 1.54) is 5.56 Å². The van der Waals surface area contributed by atoms with Crippen molar-refractivity contribution in [2.45, 2.75) is 31.8 Å². The third-order valence-corrected chi connectivity index (χ3v) is 3.99. The molecule has 1 aliphatic rings. The van der Waals surface area contributed by atoms with Crippen LogP contribution in [0.5, 0.6) is 5.75 Å². The van der Waals surface area contributed by atoms with Crippen LogP contribution in [0, 0.1) is 12.3 Å². The lowest BCUT2D eigenvalue weighted by Crippen LogP contribution is -2.43. The number of hydrogen-bond donors (Lipinski definition) is 1. The van der Waals surface area contributed by atoms with Crippen LogP contribution in [-0.2, 0) is 0 Å². The van der Waals surface area contributed by atoms with E-state index >= 15 is 0 Å². The number of likely N-dealkylation sites (tertiary alicyclic amines) is 1. The summed E-state index contributed by atoms with van der Waals surface area (Å²) >= 11 is 0. The zero-order chi connectivity index (χ0) is 14.4. The number of rotatable bonds is 5. The Hall–Kier alpha value is -1.50. The Balaban J connectivity index is 1.89. The highest BCUT2D eigenvalue weighted by atomic mass is 16.5. The molecule has 0 amide bonds. The monoisotopic (exact) mass is 272 g/mol. The predicted octanol–water partition coefficient (Wildman–Crippen LogP) is 2.44. The molecule has 1 aliphatic heterocycles. The average Bonchev–Trinajstić information content (AvgIpc) is 2.49. The van der Waals surface area contributed by atoms with E-state index in [4.69, 9.17) is 11.2 Å². The molecule has 0 bridgehead atoms. The molecule has 1 heterocycles. The number of para-hydroxylation sites is 1. The van der Waals surface area contributed by atoms with Crippen molar-refractivity contribution in [3.8, 4) is 18.1 Å². The summed E-state index contributed by atoms with van der Waals surface area (Å²) in [4.78, 5) is 2.34. The van der Waals surface area contributed by atoms with Crippen molar-refractivity contribution in [2.24, 2.45) is 0 Å². The van der Waals surface area contributed by atoms with Crippen LogP contribution in [0.15, 0.2) is 24.3 Å². The number of ether oxygens (including phenoxy) is 1. The van der Waals surface area contributed by atoms with Crippen molar-refractivity contribution in [1.82, 2.24) is 10.2 Å². The van der Waals surface area contributed by atoms with Gasteiger partial charge in [0.25, 0.3) is 0 Å². The van der Waals surface area contributed by atoms with Gasteiger partial charge in [0, 0.05) is 30.7 Å². The summed E-state index contributed by atoms with van der Waals surface area (Å²) in [5, 5.41) is 3.71. The molecular formula is C17H24N2O. The van der Waals surface area contributed by atoms with E-state index in [0.29, 0.717) is 12.1 Å². The molecule has 0 aromatic heterocycles. The lowest BCUT2D eigenvalue weighted by Gasteiger charge is -2.33. The quantitative estimate of drug-likeness (QED) is 0.833. The normalized spacial score (nSPS) is 18.4. The average molecular weight is 272 g/mol. The highest BCUT2D eigenvalue weighted by molar-refractivity contribution is 5.35. The summed E-state index contributed by atoms with van der Waals surface area (Å²) < 4.78 is 5.43. The number of methoxy groups -OCH3 is 1. The van der Waals surface area contributed by atoms with E-state index in [2.05, 4.69) is 35.2 Å². The number of nitrogens with one attached hydrogen (secondary N) is 1. The van der Waals surface area contributed by atoms with Crippen molar-refractivity contribution in [1.29, 1.82) is 0 Å². The van der Waals surface area contributed by atoms with Crippen LogP contribution in [0.25, 0.3) is 0 Å². The first-order valence-corrected chi connectivity index (χ1v) is 7.29. The summed E-state index contributed by atoms with van der Waals surface area (Å²) in [6.45, 7) is 5.14. The predicted molar refractivity (Wildman–Crippen MR) is 82.8 cm³/mol. The molecule has 0 saturated carbocycles. The molecule has 1 saturated heterocycles. The van der Waals surface area contributed by atoms with Crippen LogP contribution in [0.1, 0.15) is 31.4 Å². The van der Waals surface area contributed by atoms with Gasteiger partial charge in [0.1, 0.15) is 5.75 Å². The van der Waals surface area contributed by atoms with Gasteiger partial charge in [0.05, 0.1) is 13.7 Å². The molecule has 0 radical (unpaired) electrons. The van der Waals surface area contributed by atoms with Gasteiger partial charge in [0.2, 0.25) is 0 Å². The first-order valence-electron chi connectivity index (χ1n) is 7.29. The Morgan fingerprint density at radius 3 is 2.75 bits per heavy atom. The molecule has 1 aromatic rings. The summed E-state index contributed by atoms with van der Waals surface area (Å²) in [6.07, 6.45) is 7.67. The second kappa shape index (κ2) is 7.33. The molecule has 0 spiro atoms. The van der Waals surface area contributed by atoms with Crippen molar-refractivity contribution in [3.63, 3.8) is 0 Å². The molecular weight excluding hydrogens is 248 g/mol. The van der Waals surface area contributed by atoms with Crippen molar-refractivity contribution < 1.29 is 4.74 Å². The minimum absolute atomic E-state index is 0.301. The maximum atomic E-state index is 5.43. The molecule has 1 aromatic carbocycles. The fraction of sp³-hybridized carbons (Fsp3) is 0.529. The van der Waals surface area contributed by atoms with Crippen LogP contribution in [-0.4, -0.2) is 37.7 Å². The van der Waals surface area contributed by atoms with Gasteiger partial charge in [0.15, 0.2) is 0 Å². The standard InChI is InChI=1S/C17H24N2O/c1-4-11-19-12-9-15(10-13-19)18-14(2)16-7-5-6-8-17(16)20-3/h1,5-8,14-15,18H,9-13H2,2-3H3/t14-/m0/s1. The number of nitrogens with zero attached hydrogens (tertiary/aromatic N) is 1. The fourth-order valence-corrected chi connectivity index (χ4v) is 2.85. The Morgan fingerprint density at radius 2 is 2.10 bits per heavy atom. The van der Waals surface area contributed by atoms with Gasteiger partial charge < -0.3 is 10.1 Å². The van der Waals surface area contributed by atoms with Crippen molar-refractivity contribution in [3.05, 3.63) is 29.8 Å². The molecule has 1 atom stereocenters. The maximum Gasteiger partial charge on any atom is 0.123 e. The highest BCUT2D eigenvalue weighted by Crippen LogP contribution is 2.25. The van der Waals surface area contributed by atoms with E-state index in [1.54, 1.807) is 7.11 Å². The molecule has 1 fully saturated rings. The number of piperidine rings is 1. The second-order valence-electron chi connectivity index (χ2n) is 5.38. The molecule has 108 valence electrons. The zero-order valence-electron chi connectivity index (χ0n) is 12.4. The van der Waals surface area contributed by atoms with Crippen LogP contribution < -0.4 is 10.1 Å². The maximum absolute atomic E-state index is 5.43. The molecule has 0 unspecified atom stereocenters. The van der Waals surface area contributed by atoms with E-state index in [9.17, 15) is 0 Å². The van der Waals surface area contributed by atoms with Crippen LogP contribution in [0.3, 0.4) is 0 Å². The molecule has 0 aliphatic carbocycles. The lowest BCUT2D eigenvalue weighted by atomic mass is 10.0. The Bertz CT molecular complexity index is 458. The van der Waals surface area contributed by atoms with E-state index in [-0.39, 0.29) is 0 Å². The Kier molecular flexibility index (Phi) is 5.46. The van der Waals surface area contributed by atoms with Gasteiger partial charge in [-0.2, -0.15) is 0 Å². The highest BCUT2D eigenvalue weighted by Gasteiger charge is 2.21. The van der Waals surface area contributed by atoms with Gasteiger partial charge >= 0.3 is 0 Å². The fourth-order valence-electron chi connectivity index (χ4n) is 2.85. The Labute approximate surface area is 122 Å². The first-order chi connectivity index (χ1) is 9.74. The summed E-state index contributed by atoms with van der Waals surface area (Å²) in [5.74, 6) is 3.68. The number of terminal acetylenes is 1. The molecule has 3 nitrogen and oxygen atoms in total. The van der Waals surface area contributed by atoms with Gasteiger partial charge in [-0.1, -0.05) is 24.1 Å². The summed E-state index contributed by atoms with van der Waals surface area (Å²) in [6, 6.07) is 9.07. The smallest absolute Gasteiger partial charge is 0.123 e. The largest absolute Gasteiger partial charge is 0.496 e. The number of hydrogen-bond acceptors (Lipinski definition) is 3. The number of benzene rings is 1. The zero-order valence-corrected chi connectivity index (χ0v) is 12.4. The van der Waals surface area contributed by atoms with Gasteiger partial charge in [-0.3, -0.25) is 4.90 Å². The van der Waals surface area contributed by atoms with E-state index < -0.39 is 0 Å². The van der Waals surface area contributed by atoms with Crippen LogP contribution in [0.2, 0.25) is 0 Å². The van der Waals surface area contributed by atoms with Crippen LogP contribution >= 0.6 is 0 Å². The minimum atomic E-state index is 0.301. The third-order valence-electron chi connectivity index (χ3n) is 3.99. The van der Waals surface area contributed by atoms with Gasteiger partial charge in [-0.15, -0.1) is 6.42 Å². The molecule has 2 rings (SSSR count). The molecule has 1 N–H and O–H groups in total. The Morgan fingerprint density at radius 1 is 1.40 bits per heavy atom. The topological polar surface area (TPSA) is 24.5 Å². The summed E-state index contributed by atoms with van der Waals surface area (Å²) in [5.41, 5.74) is 1.22. The van der Waals surface area contributed by atoms with Crippen molar-refractivity contribution >= 4 is 0 Å². The van der Waals surface area contributed by atoms with E-state index in [0.717, 1.165) is 38.2 Å². The lowest BCUT2D eigenvalue weighted by molar-refractivity contribution is 0.210.